The largest absolute Gasteiger partial charge is 0.494 e. The van der Waals surface area contributed by atoms with Crippen molar-refractivity contribution in [3.8, 4) is 5.75 Å². The second kappa shape index (κ2) is 5.40. The van der Waals surface area contributed by atoms with Gasteiger partial charge in [0.15, 0.2) is 0 Å². The lowest BCUT2D eigenvalue weighted by molar-refractivity contribution is -0.145. The van der Waals surface area contributed by atoms with Gasteiger partial charge in [-0.25, -0.2) is 0 Å². The molecule has 0 aromatic heterocycles. The minimum Gasteiger partial charge on any atom is -0.494 e. The summed E-state index contributed by atoms with van der Waals surface area (Å²) in [6, 6.07) is 5.62. The lowest BCUT2D eigenvalue weighted by atomic mass is 9.99. The fraction of sp³-hybridized carbons (Fsp3) is 0.500. The second-order valence-electron chi connectivity index (χ2n) is 4.39. The summed E-state index contributed by atoms with van der Waals surface area (Å²) in [5.41, 5.74) is 8.11. The Kier molecular flexibility index (Phi) is 3.87. The fourth-order valence-corrected chi connectivity index (χ4v) is 2.44. The number of esters is 1. The molecular weight excluding hydrogens is 230 g/mol. The van der Waals surface area contributed by atoms with E-state index in [1.807, 2.05) is 25.1 Å². The van der Waals surface area contributed by atoms with Crippen LogP contribution in [0.4, 0.5) is 0 Å². The molecule has 1 aromatic rings. The van der Waals surface area contributed by atoms with Crippen LogP contribution in [0, 0.1) is 0 Å². The van der Waals surface area contributed by atoms with Crippen LogP contribution < -0.4 is 10.5 Å². The Bertz CT molecular complexity index is 445. The van der Waals surface area contributed by atoms with Gasteiger partial charge in [0.1, 0.15) is 5.75 Å². The summed E-state index contributed by atoms with van der Waals surface area (Å²) in [5.74, 6) is 0.178. The SMILES string of the molecule is CCOC(=O)C1c2cc(OCC)ccc2CC1N. The first-order valence-corrected chi connectivity index (χ1v) is 6.35. The van der Waals surface area contributed by atoms with E-state index in [0.29, 0.717) is 19.6 Å². The Morgan fingerprint density at radius 1 is 1.39 bits per heavy atom. The molecule has 0 saturated carbocycles. The van der Waals surface area contributed by atoms with Crippen molar-refractivity contribution in [2.45, 2.75) is 32.2 Å². The summed E-state index contributed by atoms with van der Waals surface area (Å²) in [4.78, 5) is 11.9. The monoisotopic (exact) mass is 249 g/mol. The molecule has 0 amide bonds. The zero-order valence-electron chi connectivity index (χ0n) is 10.8. The third kappa shape index (κ3) is 2.34. The smallest absolute Gasteiger partial charge is 0.315 e. The normalized spacial score (nSPS) is 21.5. The third-order valence-electron chi connectivity index (χ3n) is 3.19. The Hall–Kier alpha value is -1.55. The Labute approximate surface area is 107 Å². The maximum absolute atomic E-state index is 11.9. The van der Waals surface area contributed by atoms with E-state index in [9.17, 15) is 4.79 Å². The molecule has 4 nitrogen and oxygen atoms in total. The van der Waals surface area contributed by atoms with Gasteiger partial charge >= 0.3 is 5.97 Å². The van der Waals surface area contributed by atoms with E-state index >= 15 is 0 Å². The van der Waals surface area contributed by atoms with Crippen LogP contribution in [0.25, 0.3) is 0 Å². The molecule has 2 rings (SSSR count). The van der Waals surface area contributed by atoms with Crippen molar-refractivity contribution >= 4 is 5.97 Å². The number of carbonyl (C=O) groups is 1. The first-order valence-electron chi connectivity index (χ1n) is 6.35. The highest BCUT2D eigenvalue weighted by molar-refractivity contribution is 5.81. The molecule has 1 aliphatic carbocycles. The van der Waals surface area contributed by atoms with E-state index in [-0.39, 0.29) is 17.9 Å². The van der Waals surface area contributed by atoms with Crippen molar-refractivity contribution in [2.24, 2.45) is 5.73 Å². The van der Waals surface area contributed by atoms with Gasteiger partial charge in [-0.05, 0) is 43.5 Å². The predicted molar refractivity (Wildman–Crippen MR) is 68.7 cm³/mol. The van der Waals surface area contributed by atoms with Crippen molar-refractivity contribution in [1.82, 2.24) is 0 Å². The number of carbonyl (C=O) groups excluding carboxylic acids is 1. The highest BCUT2D eigenvalue weighted by Crippen LogP contribution is 2.35. The standard InChI is InChI=1S/C14H19NO3/c1-3-17-10-6-5-9-7-12(15)13(11(9)8-10)14(16)18-4-2/h5-6,8,12-13H,3-4,7,15H2,1-2H3. The van der Waals surface area contributed by atoms with Crippen molar-refractivity contribution < 1.29 is 14.3 Å². The lowest BCUT2D eigenvalue weighted by Gasteiger charge is -2.15. The summed E-state index contributed by atoms with van der Waals surface area (Å²) < 4.78 is 10.6. The topological polar surface area (TPSA) is 61.5 Å². The zero-order chi connectivity index (χ0) is 13.1. The van der Waals surface area contributed by atoms with Crippen molar-refractivity contribution in [1.29, 1.82) is 0 Å². The first kappa shape index (κ1) is 12.9. The quantitative estimate of drug-likeness (QED) is 0.824. The van der Waals surface area contributed by atoms with Gasteiger partial charge in [0.25, 0.3) is 0 Å². The summed E-state index contributed by atoms with van der Waals surface area (Å²) in [7, 11) is 0. The average molecular weight is 249 g/mol. The third-order valence-corrected chi connectivity index (χ3v) is 3.19. The molecule has 2 atom stereocenters. The molecular formula is C14H19NO3. The van der Waals surface area contributed by atoms with Gasteiger partial charge in [0.2, 0.25) is 0 Å². The van der Waals surface area contributed by atoms with Crippen molar-refractivity contribution in [2.75, 3.05) is 13.2 Å². The summed E-state index contributed by atoms with van der Waals surface area (Å²) >= 11 is 0. The molecule has 4 heteroatoms. The van der Waals surface area contributed by atoms with Crippen LogP contribution in [0.5, 0.6) is 5.75 Å². The summed E-state index contributed by atoms with van der Waals surface area (Å²) in [6.45, 7) is 4.72. The van der Waals surface area contributed by atoms with E-state index in [4.69, 9.17) is 15.2 Å². The summed E-state index contributed by atoms with van der Waals surface area (Å²) in [5, 5.41) is 0. The zero-order valence-corrected chi connectivity index (χ0v) is 10.8. The number of hydrogen-bond acceptors (Lipinski definition) is 4. The first-order chi connectivity index (χ1) is 8.67. The molecule has 0 spiro atoms. The fourth-order valence-electron chi connectivity index (χ4n) is 2.44. The van der Waals surface area contributed by atoms with Gasteiger partial charge in [-0.15, -0.1) is 0 Å². The van der Waals surface area contributed by atoms with Crippen molar-refractivity contribution in [3.05, 3.63) is 29.3 Å². The van der Waals surface area contributed by atoms with Crippen LogP contribution in [-0.4, -0.2) is 25.2 Å². The minimum absolute atomic E-state index is 0.198. The van der Waals surface area contributed by atoms with Gasteiger partial charge in [0.05, 0.1) is 19.1 Å². The number of ether oxygens (including phenoxy) is 2. The van der Waals surface area contributed by atoms with Crippen LogP contribution in [0.3, 0.4) is 0 Å². The molecule has 2 unspecified atom stereocenters. The average Bonchev–Trinajstić information content (AvgIpc) is 2.65. The Balaban J connectivity index is 2.30. The minimum atomic E-state index is -0.361. The van der Waals surface area contributed by atoms with Gasteiger partial charge in [-0.2, -0.15) is 0 Å². The van der Waals surface area contributed by atoms with Crippen LogP contribution in [0.15, 0.2) is 18.2 Å². The molecule has 18 heavy (non-hydrogen) atoms. The number of rotatable bonds is 4. The van der Waals surface area contributed by atoms with Gasteiger partial charge in [-0.1, -0.05) is 6.07 Å². The lowest BCUT2D eigenvalue weighted by Crippen LogP contribution is -2.31. The van der Waals surface area contributed by atoms with Gasteiger partial charge in [-0.3, -0.25) is 4.79 Å². The Morgan fingerprint density at radius 2 is 2.17 bits per heavy atom. The molecule has 1 aromatic carbocycles. The maximum atomic E-state index is 11.9. The van der Waals surface area contributed by atoms with Crippen LogP contribution in [-0.2, 0) is 16.0 Å². The van der Waals surface area contributed by atoms with E-state index in [0.717, 1.165) is 16.9 Å². The molecule has 0 saturated heterocycles. The molecule has 0 aliphatic heterocycles. The molecule has 1 aliphatic rings. The molecule has 98 valence electrons. The molecule has 0 radical (unpaired) electrons. The van der Waals surface area contributed by atoms with Crippen LogP contribution in [0.1, 0.15) is 30.9 Å². The highest BCUT2D eigenvalue weighted by Gasteiger charge is 2.36. The van der Waals surface area contributed by atoms with Gasteiger partial charge < -0.3 is 15.2 Å². The predicted octanol–water partition coefficient (Wildman–Crippen LogP) is 1.62. The number of benzene rings is 1. The van der Waals surface area contributed by atoms with Gasteiger partial charge in [0, 0.05) is 6.04 Å². The molecule has 0 heterocycles. The maximum Gasteiger partial charge on any atom is 0.315 e. The molecule has 0 fully saturated rings. The second-order valence-corrected chi connectivity index (χ2v) is 4.39. The van der Waals surface area contributed by atoms with E-state index in [2.05, 4.69) is 0 Å². The number of nitrogens with two attached hydrogens (primary N) is 1. The van der Waals surface area contributed by atoms with Crippen LogP contribution in [0.2, 0.25) is 0 Å². The Morgan fingerprint density at radius 3 is 2.83 bits per heavy atom. The number of hydrogen-bond donors (Lipinski definition) is 1. The van der Waals surface area contributed by atoms with E-state index in [1.54, 1.807) is 6.92 Å². The molecule has 0 bridgehead atoms. The summed E-state index contributed by atoms with van der Waals surface area (Å²) in [6.07, 6.45) is 0.714. The van der Waals surface area contributed by atoms with Crippen molar-refractivity contribution in [3.63, 3.8) is 0 Å². The molecule has 2 N–H and O–H groups in total. The highest BCUT2D eigenvalue weighted by atomic mass is 16.5. The van der Waals surface area contributed by atoms with Crippen LogP contribution >= 0.6 is 0 Å². The van der Waals surface area contributed by atoms with E-state index < -0.39 is 0 Å². The number of fused-ring (bicyclic) bond motifs is 1. The van der Waals surface area contributed by atoms with E-state index in [1.165, 1.54) is 0 Å².